The fourth-order valence-corrected chi connectivity index (χ4v) is 4.34. The molecule has 1 spiro atoms. The van der Waals surface area contributed by atoms with Crippen molar-refractivity contribution < 1.29 is 24.2 Å². The third-order valence-corrected chi connectivity index (χ3v) is 5.38. The average molecular weight is 278 g/mol. The Morgan fingerprint density at radius 3 is 2.75 bits per heavy atom. The number of cyclic esters (lactones) is 1. The van der Waals surface area contributed by atoms with Crippen LogP contribution in [0.3, 0.4) is 0 Å². The lowest BCUT2D eigenvalue weighted by Gasteiger charge is -2.51. The Kier molecular flexibility index (Phi) is 2.70. The number of carbonyl (C=O) groups excluding carboxylic acids is 3. The summed E-state index contributed by atoms with van der Waals surface area (Å²) in [5.41, 5.74) is -1.27. The minimum absolute atomic E-state index is 0.194. The number of allylic oxidation sites excluding steroid dienone is 1. The molecule has 1 saturated heterocycles. The maximum absolute atomic E-state index is 12.6. The van der Waals surface area contributed by atoms with Crippen LogP contribution < -0.4 is 0 Å². The number of Topliss-reactive ketones (excluding diaryl/α,β-unsaturated/α-hetero) is 1. The van der Waals surface area contributed by atoms with Crippen molar-refractivity contribution in [2.24, 2.45) is 22.7 Å². The standard InChI is InChI=1S/C15H18O5/c1-14(2)6-5-10(17)15-9(14)4-3-8(7-16)11(15)12(18)20-13(15)19/h3,7,9,11-12,18H,4-6H2,1-2H3/t9-,11+,12-,15-/m0/s1. The van der Waals surface area contributed by atoms with E-state index in [-0.39, 0.29) is 23.5 Å². The average Bonchev–Trinajstić information content (AvgIpc) is 2.67. The molecule has 108 valence electrons. The van der Waals surface area contributed by atoms with Crippen molar-refractivity contribution in [3.8, 4) is 0 Å². The van der Waals surface area contributed by atoms with E-state index in [1.807, 2.05) is 13.8 Å². The molecule has 1 saturated carbocycles. The molecule has 0 aromatic carbocycles. The maximum Gasteiger partial charge on any atom is 0.323 e. The van der Waals surface area contributed by atoms with Gasteiger partial charge in [0.2, 0.25) is 6.29 Å². The van der Waals surface area contributed by atoms with Gasteiger partial charge in [0.15, 0.2) is 5.78 Å². The van der Waals surface area contributed by atoms with Crippen LogP contribution in [0.5, 0.6) is 0 Å². The van der Waals surface area contributed by atoms with E-state index in [4.69, 9.17) is 4.74 Å². The SMILES string of the molecule is CC1(C)CCC(=O)[C@]23C(=O)O[C@H](O)[C@H]2C(C=O)=CC[C@@H]13. The Labute approximate surface area is 117 Å². The molecule has 3 aliphatic rings. The number of hydrogen-bond donors (Lipinski definition) is 1. The lowest BCUT2D eigenvalue weighted by atomic mass is 9.48. The van der Waals surface area contributed by atoms with E-state index in [1.165, 1.54) is 0 Å². The predicted octanol–water partition coefficient (Wildman–Crippen LogP) is 0.999. The second kappa shape index (κ2) is 4.01. The minimum atomic E-state index is -1.40. The molecule has 0 unspecified atom stereocenters. The van der Waals surface area contributed by atoms with Gasteiger partial charge in [-0.3, -0.25) is 14.4 Å². The van der Waals surface area contributed by atoms with Crippen LogP contribution in [-0.2, 0) is 19.1 Å². The summed E-state index contributed by atoms with van der Waals surface area (Å²) in [6.07, 6.45) is 2.45. The molecule has 0 aromatic heterocycles. The zero-order chi connectivity index (χ0) is 14.7. The van der Waals surface area contributed by atoms with Crippen molar-refractivity contribution in [3.05, 3.63) is 11.6 Å². The van der Waals surface area contributed by atoms with Gasteiger partial charge in [0.25, 0.3) is 0 Å². The number of aliphatic hydroxyl groups excluding tert-OH is 1. The molecule has 4 atom stereocenters. The van der Waals surface area contributed by atoms with Crippen molar-refractivity contribution >= 4 is 18.0 Å². The quantitative estimate of drug-likeness (QED) is 0.439. The fraction of sp³-hybridized carbons (Fsp3) is 0.667. The molecule has 0 aromatic rings. The van der Waals surface area contributed by atoms with Gasteiger partial charge in [0, 0.05) is 6.42 Å². The van der Waals surface area contributed by atoms with Crippen molar-refractivity contribution in [2.75, 3.05) is 0 Å². The number of aldehydes is 1. The van der Waals surface area contributed by atoms with Gasteiger partial charge < -0.3 is 9.84 Å². The first-order valence-corrected chi connectivity index (χ1v) is 6.93. The molecule has 2 aliphatic carbocycles. The summed E-state index contributed by atoms with van der Waals surface area (Å²) in [6.45, 7) is 4.06. The van der Waals surface area contributed by atoms with Gasteiger partial charge in [-0.2, -0.15) is 0 Å². The Balaban J connectivity index is 2.24. The smallest absolute Gasteiger partial charge is 0.323 e. The number of ketones is 1. The van der Waals surface area contributed by atoms with Gasteiger partial charge in [0.1, 0.15) is 11.7 Å². The molecule has 5 heteroatoms. The van der Waals surface area contributed by atoms with Crippen molar-refractivity contribution in [1.29, 1.82) is 0 Å². The van der Waals surface area contributed by atoms with E-state index in [0.717, 1.165) is 0 Å². The Hall–Kier alpha value is -1.49. The molecule has 3 rings (SSSR count). The van der Waals surface area contributed by atoms with E-state index in [0.29, 0.717) is 24.7 Å². The van der Waals surface area contributed by atoms with Crippen LogP contribution in [0.25, 0.3) is 0 Å². The van der Waals surface area contributed by atoms with E-state index >= 15 is 0 Å². The third-order valence-electron chi connectivity index (χ3n) is 5.38. The molecule has 2 fully saturated rings. The predicted molar refractivity (Wildman–Crippen MR) is 68.3 cm³/mol. The highest BCUT2D eigenvalue weighted by Gasteiger charge is 2.70. The van der Waals surface area contributed by atoms with Gasteiger partial charge >= 0.3 is 5.97 Å². The monoisotopic (exact) mass is 278 g/mol. The van der Waals surface area contributed by atoms with Crippen LogP contribution in [-0.4, -0.2) is 29.4 Å². The third kappa shape index (κ3) is 1.39. The van der Waals surface area contributed by atoms with Crippen molar-refractivity contribution in [1.82, 2.24) is 0 Å². The summed E-state index contributed by atoms with van der Waals surface area (Å²) in [7, 11) is 0. The van der Waals surface area contributed by atoms with E-state index in [9.17, 15) is 19.5 Å². The first-order chi connectivity index (χ1) is 9.35. The summed E-state index contributed by atoms with van der Waals surface area (Å²) in [4.78, 5) is 36.2. The first-order valence-electron chi connectivity index (χ1n) is 6.93. The number of rotatable bonds is 1. The second-order valence-electron chi connectivity index (χ2n) is 6.66. The van der Waals surface area contributed by atoms with Gasteiger partial charge in [-0.1, -0.05) is 19.9 Å². The van der Waals surface area contributed by atoms with Crippen molar-refractivity contribution in [2.45, 2.75) is 39.4 Å². The lowest BCUT2D eigenvalue weighted by Crippen LogP contribution is -2.58. The first kappa shape index (κ1) is 13.5. The van der Waals surface area contributed by atoms with Crippen LogP contribution in [0, 0.1) is 22.7 Å². The molecular formula is C15H18O5. The number of ether oxygens (including phenoxy) is 1. The molecule has 1 aliphatic heterocycles. The molecule has 1 heterocycles. The van der Waals surface area contributed by atoms with Crippen molar-refractivity contribution in [3.63, 3.8) is 0 Å². The van der Waals surface area contributed by atoms with Crippen LogP contribution in [0.1, 0.15) is 33.1 Å². The van der Waals surface area contributed by atoms with Gasteiger partial charge in [-0.25, -0.2) is 0 Å². The number of hydrogen-bond acceptors (Lipinski definition) is 5. The Morgan fingerprint density at radius 1 is 1.40 bits per heavy atom. The number of aliphatic hydroxyl groups is 1. The highest BCUT2D eigenvalue weighted by molar-refractivity contribution is 6.08. The zero-order valence-corrected chi connectivity index (χ0v) is 11.6. The largest absolute Gasteiger partial charge is 0.434 e. The van der Waals surface area contributed by atoms with Gasteiger partial charge in [-0.15, -0.1) is 0 Å². The zero-order valence-electron chi connectivity index (χ0n) is 11.6. The van der Waals surface area contributed by atoms with E-state index in [1.54, 1.807) is 6.08 Å². The van der Waals surface area contributed by atoms with Crippen LogP contribution >= 0.6 is 0 Å². The normalized spacial score (nSPS) is 42.4. The van der Waals surface area contributed by atoms with E-state index < -0.39 is 23.6 Å². The minimum Gasteiger partial charge on any atom is -0.434 e. The topological polar surface area (TPSA) is 80.7 Å². The Morgan fingerprint density at radius 2 is 2.10 bits per heavy atom. The lowest BCUT2D eigenvalue weighted by molar-refractivity contribution is -0.166. The number of esters is 1. The van der Waals surface area contributed by atoms with Crippen LogP contribution in [0.4, 0.5) is 0 Å². The van der Waals surface area contributed by atoms with E-state index in [2.05, 4.69) is 0 Å². The molecule has 0 amide bonds. The second-order valence-corrected chi connectivity index (χ2v) is 6.66. The Bertz CT molecular complexity index is 522. The summed E-state index contributed by atoms with van der Waals surface area (Å²) in [5, 5.41) is 10.0. The molecule has 1 N–H and O–H groups in total. The van der Waals surface area contributed by atoms with Gasteiger partial charge in [0.05, 0.1) is 5.92 Å². The van der Waals surface area contributed by atoms with Crippen LogP contribution in [0.2, 0.25) is 0 Å². The number of carbonyl (C=O) groups is 3. The molecule has 5 nitrogen and oxygen atoms in total. The fourth-order valence-electron chi connectivity index (χ4n) is 4.34. The highest BCUT2D eigenvalue weighted by Crippen LogP contribution is 2.61. The highest BCUT2D eigenvalue weighted by atomic mass is 16.6. The maximum atomic E-state index is 12.6. The summed E-state index contributed by atoms with van der Waals surface area (Å²) in [6, 6.07) is 0. The molecular weight excluding hydrogens is 260 g/mol. The summed E-state index contributed by atoms with van der Waals surface area (Å²) < 4.78 is 4.96. The molecule has 0 bridgehead atoms. The van der Waals surface area contributed by atoms with Crippen LogP contribution in [0.15, 0.2) is 11.6 Å². The summed E-state index contributed by atoms with van der Waals surface area (Å²) >= 11 is 0. The molecule has 20 heavy (non-hydrogen) atoms. The molecule has 0 radical (unpaired) electrons. The van der Waals surface area contributed by atoms with Gasteiger partial charge in [-0.05, 0) is 29.7 Å². The summed E-state index contributed by atoms with van der Waals surface area (Å²) in [5.74, 6) is -1.93.